The van der Waals surface area contributed by atoms with E-state index in [1.54, 1.807) is 0 Å². The number of nitrogens with zero attached hydrogens (tertiary/aromatic N) is 1. The monoisotopic (exact) mass is 322 g/mol. The van der Waals surface area contributed by atoms with Crippen LogP contribution in [0.2, 0.25) is 0 Å². The maximum atomic E-state index is 12.9. The maximum Gasteiger partial charge on any atom is 0.227 e. The van der Waals surface area contributed by atoms with Crippen molar-refractivity contribution in [2.24, 2.45) is 23.5 Å². The minimum absolute atomic E-state index is 0. The van der Waals surface area contributed by atoms with Crippen molar-refractivity contribution in [1.29, 1.82) is 0 Å². The Labute approximate surface area is 139 Å². The molecule has 122 valence electrons. The second kappa shape index (κ2) is 7.01. The standard InChI is InChI=1S/C18H26N2O.ClH/c1-3-20(11-15-7-5-4-6-12(15)2)18(21)16-13-8-9-14(10-13)17(16)19;/h4-7,13-14,16-17H,3,8-11,19H2,1-2H3;1H. The molecule has 0 spiro atoms. The Morgan fingerprint density at radius 2 is 1.95 bits per heavy atom. The van der Waals surface area contributed by atoms with Gasteiger partial charge in [-0.2, -0.15) is 0 Å². The molecule has 2 aliphatic rings. The average molecular weight is 323 g/mol. The number of hydrogen-bond acceptors (Lipinski definition) is 2. The summed E-state index contributed by atoms with van der Waals surface area (Å²) in [5.41, 5.74) is 8.82. The highest BCUT2D eigenvalue weighted by molar-refractivity contribution is 5.85. The van der Waals surface area contributed by atoms with Gasteiger partial charge in [-0.3, -0.25) is 4.79 Å². The zero-order valence-electron chi connectivity index (χ0n) is 13.5. The van der Waals surface area contributed by atoms with Crippen molar-refractivity contribution in [3.8, 4) is 0 Å². The topological polar surface area (TPSA) is 46.3 Å². The Balaban J connectivity index is 0.00000176. The summed E-state index contributed by atoms with van der Waals surface area (Å²) in [6.07, 6.45) is 3.58. The summed E-state index contributed by atoms with van der Waals surface area (Å²) in [5.74, 6) is 1.46. The molecule has 0 aromatic heterocycles. The van der Waals surface area contributed by atoms with Crippen molar-refractivity contribution in [3.63, 3.8) is 0 Å². The minimum Gasteiger partial charge on any atom is -0.338 e. The smallest absolute Gasteiger partial charge is 0.227 e. The second-order valence-electron chi connectivity index (χ2n) is 6.72. The number of benzene rings is 1. The van der Waals surface area contributed by atoms with Gasteiger partial charge >= 0.3 is 0 Å². The van der Waals surface area contributed by atoms with Crippen LogP contribution in [0.5, 0.6) is 0 Å². The highest BCUT2D eigenvalue weighted by Gasteiger charge is 2.49. The Kier molecular flexibility index (Phi) is 5.51. The number of amides is 1. The van der Waals surface area contributed by atoms with Gasteiger partial charge in [-0.15, -0.1) is 12.4 Å². The van der Waals surface area contributed by atoms with Gasteiger partial charge < -0.3 is 10.6 Å². The summed E-state index contributed by atoms with van der Waals surface area (Å²) in [4.78, 5) is 14.9. The third-order valence-electron chi connectivity index (χ3n) is 5.58. The van der Waals surface area contributed by atoms with Gasteiger partial charge in [0.05, 0.1) is 5.92 Å². The van der Waals surface area contributed by atoms with Crippen molar-refractivity contribution in [2.75, 3.05) is 6.54 Å². The van der Waals surface area contributed by atoms with Gasteiger partial charge in [-0.1, -0.05) is 24.3 Å². The van der Waals surface area contributed by atoms with E-state index in [9.17, 15) is 4.79 Å². The number of rotatable bonds is 4. The molecule has 2 aliphatic carbocycles. The molecule has 0 heterocycles. The lowest BCUT2D eigenvalue weighted by molar-refractivity contribution is -0.138. The molecule has 1 aromatic carbocycles. The number of nitrogens with two attached hydrogens (primary N) is 1. The third kappa shape index (κ3) is 3.02. The van der Waals surface area contributed by atoms with E-state index in [-0.39, 0.29) is 30.3 Å². The summed E-state index contributed by atoms with van der Waals surface area (Å²) < 4.78 is 0. The first-order chi connectivity index (χ1) is 10.1. The molecule has 2 N–H and O–H groups in total. The Morgan fingerprint density at radius 3 is 2.55 bits per heavy atom. The first-order valence-corrected chi connectivity index (χ1v) is 8.20. The van der Waals surface area contributed by atoms with E-state index in [4.69, 9.17) is 5.73 Å². The molecule has 4 heteroatoms. The van der Waals surface area contributed by atoms with Crippen LogP contribution in [0.3, 0.4) is 0 Å². The minimum atomic E-state index is 0. The number of fused-ring (bicyclic) bond motifs is 2. The van der Waals surface area contributed by atoms with Crippen LogP contribution in [0, 0.1) is 24.7 Å². The zero-order chi connectivity index (χ0) is 15.0. The van der Waals surface area contributed by atoms with Gasteiger partial charge in [0.25, 0.3) is 0 Å². The average Bonchev–Trinajstić information content (AvgIpc) is 3.06. The molecule has 0 radical (unpaired) electrons. The molecule has 0 saturated heterocycles. The molecule has 0 aliphatic heterocycles. The Morgan fingerprint density at radius 1 is 1.27 bits per heavy atom. The number of carbonyl (C=O) groups excluding carboxylic acids is 1. The van der Waals surface area contributed by atoms with Gasteiger partial charge in [0.2, 0.25) is 5.91 Å². The molecule has 2 fully saturated rings. The summed E-state index contributed by atoms with van der Waals surface area (Å²) in [6, 6.07) is 8.40. The van der Waals surface area contributed by atoms with Crippen molar-refractivity contribution in [2.45, 2.75) is 45.7 Å². The van der Waals surface area contributed by atoms with Crippen LogP contribution in [0.15, 0.2) is 24.3 Å². The Bertz CT molecular complexity index is 532. The van der Waals surface area contributed by atoms with Crippen molar-refractivity contribution < 1.29 is 4.79 Å². The third-order valence-corrected chi connectivity index (χ3v) is 5.58. The molecular weight excluding hydrogens is 296 g/mol. The highest BCUT2D eigenvalue weighted by atomic mass is 35.5. The van der Waals surface area contributed by atoms with Crippen LogP contribution >= 0.6 is 12.4 Å². The molecule has 2 bridgehead atoms. The van der Waals surface area contributed by atoms with Crippen LogP contribution in [-0.2, 0) is 11.3 Å². The van der Waals surface area contributed by atoms with Crippen LogP contribution < -0.4 is 5.73 Å². The zero-order valence-corrected chi connectivity index (χ0v) is 14.3. The number of halogens is 1. The predicted molar refractivity (Wildman–Crippen MR) is 91.8 cm³/mol. The van der Waals surface area contributed by atoms with Gasteiger partial charge in [-0.25, -0.2) is 0 Å². The van der Waals surface area contributed by atoms with E-state index in [0.29, 0.717) is 18.4 Å². The van der Waals surface area contributed by atoms with E-state index in [2.05, 4.69) is 26.0 Å². The van der Waals surface area contributed by atoms with E-state index in [1.165, 1.54) is 30.4 Å². The molecule has 22 heavy (non-hydrogen) atoms. The number of aryl methyl sites for hydroxylation is 1. The fraction of sp³-hybridized carbons (Fsp3) is 0.611. The molecule has 1 aromatic rings. The Hall–Kier alpha value is -1.06. The van der Waals surface area contributed by atoms with Crippen LogP contribution in [0.4, 0.5) is 0 Å². The van der Waals surface area contributed by atoms with Gasteiger partial charge in [0, 0.05) is 19.1 Å². The first-order valence-electron chi connectivity index (χ1n) is 8.20. The van der Waals surface area contributed by atoms with E-state index in [1.807, 2.05) is 17.0 Å². The summed E-state index contributed by atoms with van der Waals surface area (Å²) in [7, 11) is 0. The lowest BCUT2D eigenvalue weighted by atomic mass is 9.84. The molecule has 3 nitrogen and oxygen atoms in total. The van der Waals surface area contributed by atoms with Crippen LogP contribution in [0.25, 0.3) is 0 Å². The normalized spacial score (nSPS) is 29.2. The first kappa shape index (κ1) is 17.3. The second-order valence-corrected chi connectivity index (χ2v) is 6.72. The number of hydrogen-bond donors (Lipinski definition) is 1. The molecule has 1 amide bonds. The molecule has 2 saturated carbocycles. The SMILES string of the molecule is CCN(Cc1ccccc1C)C(=O)C1C2CCC(C2)C1N.Cl. The fourth-order valence-corrected chi connectivity index (χ4v) is 4.25. The molecule has 3 rings (SSSR count). The molecular formula is C18H27ClN2O. The largest absolute Gasteiger partial charge is 0.338 e. The van der Waals surface area contributed by atoms with Gasteiger partial charge in [0.1, 0.15) is 0 Å². The molecule has 4 unspecified atom stereocenters. The number of carbonyl (C=O) groups is 1. The summed E-state index contributed by atoms with van der Waals surface area (Å²) in [6.45, 7) is 5.64. The van der Waals surface area contributed by atoms with E-state index >= 15 is 0 Å². The molecule has 4 atom stereocenters. The predicted octanol–water partition coefficient (Wildman–Crippen LogP) is 3.14. The van der Waals surface area contributed by atoms with E-state index in [0.717, 1.165) is 6.54 Å². The maximum absolute atomic E-state index is 12.9. The summed E-state index contributed by atoms with van der Waals surface area (Å²) in [5, 5.41) is 0. The van der Waals surface area contributed by atoms with Crippen molar-refractivity contribution in [3.05, 3.63) is 35.4 Å². The lowest BCUT2D eigenvalue weighted by Crippen LogP contribution is -2.46. The van der Waals surface area contributed by atoms with Gasteiger partial charge in [0.15, 0.2) is 0 Å². The quantitative estimate of drug-likeness (QED) is 0.925. The van der Waals surface area contributed by atoms with Gasteiger partial charge in [-0.05, 0) is 56.1 Å². The van der Waals surface area contributed by atoms with Crippen LogP contribution in [-0.4, -0.2) is 23.4 Å². The lowest BCUT2D eigenvalue weighted by Gasteiger charge is -2.32. The van der Waals surface area contributed by atoms with Crippen molar-refractivity contribution >= 4 is 18.3 Å². The summed E-state index contributed by atoms with van der Waals surface area (Å²) >= 11 is 0. The van der Waals surface area contributed by atoms with E-state index < -0.39 is 0 Å². The fourth-order valence-electron chi connectivity index (χ4n) is 4.25. The van der Waals surface area contributed by atoms with Crippen molar-refractivity contribution in [1.82, 2.24) is 4.90 Å². The highest BCUT2D eigenvalue weighted by Crippen LogP contribution is 2.48. The van der Waals surface area contributed by atoms with Crippen LogP contribution in [0.1, 0.15) is 37.3 Å².